The van der Waals surface area contributed by atoms with Gasteiger partial charge in [-0.25, -0.2) is 0 Å². The number of carbonyl (C=O) groups is 3. The predicted molar refractivity (Wildman–Crippen MR) is 82.4 cm³/mol. The summed E-state index contributed by atoms with van der Waals surface area (Å²) in [5.74, 6) is -0.518. The lowest BCUT2D eigenvalue weighted by molar-refractivity contribution is -0.132. The van der Waals surface area contributed by atoms with Crippen LogP contribution in [0, 0.1) is 5.92 Å². The van der Waals surface area contributed by atoms with E-state index in [-0.39, 0.29) is 30.2 Å². The van der Waals surface area contributed by atoms with Gasteiger partial charge >= 0.3 is 0 Å². The van der Waals surface area contributed by atoms with Gasteiger partial charge in [-0.15, -0.1) is 0 Å². The van der Waals surface area contributed by atoms with Gasteiger partial charge in [-0.2, -0.15) is 0 Å². The molecule has 2 heterocycles. The van der Waals surface area contributed by atoms with Crippen LogP contribution in [0.3, 0.4) is 0 Å². The first-order chi connectivity index (χ1) is 10.6. The van der Waals surface area contributed by atoms with Gasteiger partial charge in [0, 0.05) is 19.5 Å². The van der Waals surface area contributed by atoms with Crippen molar-refractivity contribution in [3.63, 3.8) is 0 Å². The second kappa shape index (κ2) is 5.79. The summed E-state index contributed by atoms with van der Waals surface area (Å²) in [4.78, 5) is 39.6. The second-order valence-electron chi connectivity index (χ2n) is 5.83. The van der Waals surface area contributed by atoms with Crippen LogP contribution in [0.15, 0.2) is 24.3 Å². The van der Waals surface area contributed by atoms with Gasteiger partial charge < -0.3 is 15.1 Å². The molecule has 1 unspecified atom stereocenters. The Hall–Kier alpha value is -2.37. The topological polar surface area (TPSA) is 69.7 Å². The van der Waals surface area contributed by atoms with Crippen molar-refractivity contribution < 1.29 is 14.4 Å². The zero-order valence-electron chi connectivity index (χ0n) is 12.5. The largest absolute Gasteiger partial charge is 0.333 e. The van der Waals surface area contributed by atoms with E-state index >= 15 is 0 Å². The maximum atomic E-state index is 12.7. The predicted octanol–water partition coefficient (Wildman–Crippen LogP) is 1.23. The van der Waals surface area contributed by atoms with E-state index in [4.69, 9.17) is 0 Å². The number of fused-ring (bicyclic) bond motifs is 1. The number of rotatable bonds is 2. The zero-order valence-corrected chi connectivity index (χ0v) is 12.5. The van der Waals surface area contributed by atoms with Gasteiger partial charge in [-0.3, -0.25) is 14.4 Å². The van der Waals surface area contributed by atoms with Crippen LogP contribution < -0.4 is 10.2 Å². The van der Waals surface area contributed by atoms with Crippen LogP contribution in [-0.4, -0.2) is 42.3 Å². The first kappa shape index (κ1) is 14.6. The number of para-hydroxylation sites is 2. The molecule has 0 saturated carbocycles. The molecule has 6 nitrogen and oxygen atoms in total. The molecule has 3 amide bonds. The highest BCUT2D eigenvalue weighted by Crippen LogP contribution is 2.30. The first-order valence-electron chi connectivity index (χ1n) is 7.54. The lowest BCUT2D eigenvalue weighted by atomic mass is 10.1. The van der Waals surface area contributed by atoms with E-state index in [0.717, 1.165) is 6.42 Å². The summed E-state index contributed by atoms with van der Waals surface area (Å²) >= 11 is 0. The summed E-state index contributed by atoms with van der Waals surface area (Å²) in [6, 6.07) is 7.26. The number of carbonyl (C=O) groups excluding carboxylic acids is 3. The lowest BCUT2D eigenvalue weighted by Gasteiger charge is -2.26. The van der Waals surface area contributed by atoms with Crippen molar-refractivity contribution in [3.8, 4) is 0 Å². The summed E-state index contributed by atoms with van der Waals surface area (Å²) in [5, 5.41) is 2.85. The number of hydrogen-bond donors (Lipinski definition) is 1. The number of nitrogens with zero attached hydrogens (tertiary/aromatic N) is 2. The van der Waals surface area contributed by atoms with Crippen molar-refractivity contribution in [2.24, 2.45) is 5.92 Å². The Bertz CT molecular complexity index is 629. The minimum atomic E-state index is -0.300. The van der Waals surface area contributed by atoms with E-state index in [1.54, 1.807) is 22.8 Å². The molecule has 0 aliphatic carbocycles. The molecule has 0 bridgehead atoms. The van der Waals surface area contributed by atoms with Crippen LogP contribution in [0.2, 0.25) is 0 Å². The second-order valence-corrected chi connectivity index (χ2v) is 5.83. The minimum absolute atomic E-state index is 0.0266. The molecule has 0 spiro atoms. The average Bonchev–Trinajstić information content (AvgIpc) is 2.84. The minimum Gasteiger partial charge on any atom is -0.333 e. The summed E-state index contributed by atoms with van der Waals surface area (Å²) in [6.45, 7) is 2.83. The van der Waals surface area contributed by atoms with Crippen molar-refractivity contribution in [3.05, 3.63) is 24.3 Å². The maximum absolute atomic E-state index is 12.7. The Morgan fingerprint density at radius 3 is 2.82 bits per heavy atom. The highest BCUT2D eigenvalue weighted by molar-refractivity contribution is 6.05. The Balaban J connectivity index is 1.86. The van der Waals surface area contributed by atoms with Gasteiger partial charge in [0.2, 0.25) is 17.7 Å². The fourth-order valence-corrected chi connectivity index (χ4v) is 2.88. The Labute approximate surface area is 129 Å². The van der Waals surface area contributed by atoms with E-state index in [9.17, 15) is 14.4 Å². The first-order valence-corrected chi connectivity index (χ1v) is 7.54. The van der Waals surface area contributed by atoms with Gasteiger partial charge in [-0.05, 0) is 18.6 Å². The monoisotopic (exact) mass is 301 g/mol. The SMILES string of the molecule is CC1CN(C(=O)CN2CCCC2=O)c2ccccc2NC1=O. The van der Waals surface area contributed by atoms with E-state index in [1.165, 1.54) is 0 Å². The molecule has 1 saturated heterocycles. The van der Waals surface area contributed by atoms with Crippen LogP contribution in [0.4, 0.5) is 11.4 Å². The normalized spacial score (nSPS) is 21.4. The molecule has 6 heteroatoms. The fraction of sp³-hybridized carbons (Fsp3) is 0.438. The molecule has 0 aromatic heterocycles. The third-order valence-electron chi connectivity index (χ3n) is 4.16. The number of likely N-dealkylation sites (tertiary alicyclic amines) is 1. The Morgan fingerprint density at radius 1 is 1.32 bits per heavy atom. The zero-order chi connectivity index (χ0) is 15.7. The maximum Gasteiger partial charge on any atom is 0.246 e. The fourth-order valence-electron chi connectivity index (χ4n) is 2.88. The lowest BCUT2D eigenvalue weighted by Crippen LogP contribution is -2.43. The molecular weight excluding hydrogens is 282 g/mol. The van der Waals surface area contributed by atoms with Crippen molar-refractivity contribution in [1.29, 1.82) is 0 Å². The van der Waals surface area contributed by atoms with Crippen molar-refractivity contribution in [2.75, 3.05) is 29.9 Å². The van der Waals surface area contributed by atoms with Crippen LogP contribution in [0.1, 0.15) is 19.8 Å². The highest BCUT2D eigenvalue weighted by atomic mass is 16.2. The number of amides is 3. The Morgan fingerprint density at radius 2 is 2.09 bits per heavy atom. The molecule has 1 N–H and O–H groups in total. The smallest absolute Gasteiger partial charge is 0.246 e. The number of anilines is 2. The summed E-state index contributed by atoms with van der Waals surface area (Å²) < 4.78 is 0. The summed E-state index contributed by atoms with van der Waals surface area (Å²) in [7, 11) is 0. The van der Waals surface area contributed by atoms with Crippen molar-refractivity contribution >= 4 is 29.1 Å². The van der Waals surface area contributed by atoms with Gasteiger partial charge in [0.05, 0.1) is 17.3 Å². The molecule has 1 aromatic carbocycles. The van der Waals surface area contributed by atoms with E-state index in [1.807, 2.05) is 18.2 Å². The molecule has 2 aliphatic heterocycles. The molecule has 1 atom stereocenters. The van der Waals surface area contributed by atoms with Gasteiger partial charge in [0.15, 0.2) is 0 Å². The molecule has 1 fully saturated rings. The summed E-state index contributed by atoms with van der Waals surface area (Å²) in [5.41, 5.74) is 1.33. The van der Waals surface area contributed by atoms with E-state index in [2.05, 4.69) is 5.32 Å². The quantitative estimate of drug-likeness (QED) is 0.893. The van der Waals surface area contributed by atoms with Crippen molar-refractivity contribution in [1.82, 2.24) is 4.90 Å². The average molecular weight is 301 g/mol. The van der Waals surface area contributed by atoms with Crippen LogP contribution >= 0.6 is 0 Å². The summed E-state index contributed by atoms with van der Waals surface area (Å²) in [6.07, 6.45) is 1.32. The van der Waals surface area contributed by atoms with Crippen LogP contribution in [-0.2, 0) is 14.4 Å². The Kier molecular flexibility index (Phi) is 3.83. The van der Waals surface area contributed by atoms with Crippen LogP contribution in [0.5, 0.6) is 0 Å². The van der Waals surface area contributed by atoms with Crippen LogP contribution in [0.25, 0.3) is 0 Å². The third kappa shape index (κ3) is 2.68. The number of benzene rings is 1. The van der Waals surface area contributed by atoms with Gasteiger partial charge in [0.1, 0.15) is 6.54 Å². The van der Waals surface area contributed by atoms with Crippen molar-refractivity contribution in [2.45, 2.75) is 19.8 Å². The molecule has 2 aliphatic rings. The molecular formula is C16H19N3O3. The van der Waals surface area contributed by atoms with Gasteiger partial charge in [-0.1, -0.05) is 19.1 Å². The molecule has 116 valence electrons. The molecule has 22 heavy (non-hydrogen) atoms. The molecule has 1 aromatic rings. The number of nitrogens with one attached hydrogen (secondary N) is 1. The van der Waals surface area contributed by atoms with Gasteiger partial charge in [0.25, 0.3) is 0 Å². The standard InChI is InChI=1S/C16H19N3O3/c1-11-9-19(15(21)10-18-8-4-7-14(18)20)13-6-3-2-5-12(13)17-16(11)22/h2-3,5-6,11H,4,7-10H2,1H3,(H,17,22). The highest BCUT2D eigenvalue weighted by Gasteiger charge is 2.31. The number of hydrogen-bond acceptors (Lipinski definition) is 3. The molecule has 0 radical (unpaired) electrons. The third-order valence-corrected chi connectivity index (χ3v) is 4.16. The van der Waals surface area contributed by atoms with E-state index < -0.39 is 0 Å². The molecule has 3 rings (SSSR count). The van der Waals surface area contributed by atoms with E-state index in [0.29, 0.717) is 30.9 Å².